The molecule has 0 saturated carbocycles. The molecule has 3 aromatic rings. The summed E-state index contributed by atoms with van der Waals surface area (Å²) in [6, 6.07) is 7.56. The molecule has 5 nitrogen and oxygen atoms in total. The fourth-order valence-electron chi connectivity index (χ4n) is 5.57. The van der Waals surface area contributed by atoms with Crippen molar-refractivity contribution in [3.63, 3.8) is 0 Å². The third kappa shape index (κ3) is 6.64. The first-order chi connectivity index (χ1) is 18.7. The van der Waals surface area contributed by atoms with E-state index in [9.17, 15) is 18.3 Å². The topological polar surface area (TPSA) is 48.8 Å². The molecule has 0 bridgehead atoms. The Hall–Kier alpha value is -2.91. The van der Waals surface area contributed by atoms with Gasteiger partial charge < -0.3 is 19.6 Å². The summed E-state index contributed by atoms with van der Waals surface area (Å²) in [7, 11) is 5.32. The van der Waals surface area contributed by atoms with Crippen LogP contribution in [0.3, 0.4) is 0 Å². The van der Waals surface area contributed by atoms with E-state index in [0.717, 1.165) is 55.7 Å². The van der Waals surface area contributed by atoms with Gasteiger partial charge in [-0.25, -0.2) is 17.6 Å². The van der Waals surface area contributed by atoms with Crippen molar-refractivity contribution in [1.29, 1.82) is 0 Å². The van der Waals surface area contributed by atoms with Gasteiger partial charge in [0, 0.05) is 31.7 Å². The van der Waals surface area contributed by atoms with Crippen LogP contribution in [-0.2, 0) is 6.42 Å². The molecular weight excluding hydrogens is 510 g/mol. The van der Waals surface area contributed by atoms with E-state index in [-0.39, 0.29) is 18.4 Å². The number of hydrogen-bond donors (Lipinski definition) is 1. The zero-order valence-electron chi connectivity index (χ0n) is 22.8. The van der Waals surface area contributed by atoms with Crippen molar-refractivity contribution in [2.75, 3.05) is 52.3 Å². The summed E-state index contributed by atoms with van der Waals surface area (Å²) in [5.74, 6) is -3.14. The second-order valence-corrected chi connectivity index (χ2v) is 10.8. The number of methoxy groups -OCH3 is 1. The Morgan fingerprint density at radius 3 is 2.41 bits per heavy atom. The van der Waals surface area contributed by atoms with E-state index < -0.39 is 23.6 Å². The number of likely N-dealkylation sites (tertiary alicyclic amines) is 1. The maximum absolute atomic E-state index is 16.0. The largest absolute Gasteiger partial charge is 0.497 e. The smallest absolute Gasteiger partial charge is 0.194 e. The van der Waals surface area contributed by atoms with Crippen LogP contribution < -0.4 is 9.64 Å². The summed E-state index contributed by atoms with van der Waals surface area (Å²) in [5.41, 5.74) is 2.08. The lowest BCUT2D eigenvalue weighted by Crippen LogP contribution is -2.42. The SMILES string of the molecule is COc1ccc2ncc(N(C)C)c([C@@H](F)CCC3(CO)CCN(CCCc4cc(F)c(F)c(F)c4)CC3)c2c1. The second kappa shape index (κ2) is 12.5. The van der Waals surface area contributed by atoms with E-state index in [1.807, 2.05) is 37.2 Å². The molecule has 0 radical (unpaired) electrons. The Morgan fingerprint density at radius 1 is 1.10 bits per heavy atom. The number of aromatic nitrogens is 1. The van der Waals surface area contributed by atoms with Crippen molar-refractivity contribution in [2.45, 2.75) is 44.7 Å². The van der Waals surface area contributed by atoms with Gasteiger partial charge in [-0.05, 0) is 99.5 Å². The van der Waals surface area contributed by atoms with Gasteiger partial charge in [0.1, 0.15) is 11.9 Å². The number of alkyl halides is 1. The van der Waals surface area contributed by atoms with Crippen molar-refractivity contribution in [2.24, 2.45) is 5.41 Å². The van der Waals surface area contributed by atoms with Crippen LogP contribution in [0.5, 0.6) is 5.75 Å². The van der Waals surface area contributed by atoms with Crippen LogP contribution in [0, 0.1) is 22.9 Å². The predicted octanol–water partition coefficient (Wildman–Crippen LogP) is 6.22. The highest BCUT2D eigenvalue weighted by molar-refractivity contribution is 5.88. The average molecular weight is 548 g/mol. The third-order valence-electron chi connectivity index (χ3n) is 8.05. The Bertz CT molecular complexity index is 1260. The summed E-state index contributed by atoms with van der Waals surface area (Å²) >= 11 is 0. The van der Waals surface area contributed by atoms with Crippen molar-refractivity contribution in [3.05, 3.63) is 65.1 Å². The Balaban J connectivity index is 1.37. The average Bonchev–Trinajstić information content (AvgIpc) is 2.94. The highest BCUT2D eigenvalue weighted by atomic mass is 19.2. The fourth-order valence-corrected chi connectivity index (χ4v) is 5.57. The minimum atomic E-state index is -1.44. The maximum Gasteiger partial charge on any atom is 0.194 e. The van der Waals surface area contributed by atoms with Crippen LogP contribution in [0.2, 0.25) is 0 Å². The minimum absolute atomic E-state index is 0.00680. The number of aryl methyl sites for hydroxylation is 1. The Kier molecular flexibility index (Phi) is 9.33. The van der Waals surface area contributed by atoms with E-state index in [2.05, 4.69) is 9.88 Å². The molecule has 0 aliphatic carbocycles. The van der Waals surface area contributed by atoms with E-state index in [1.54, 1.807) is 13.3 Å². The number of hydrogen-bond acceptors (Lipinski definition) is 5. The van der Waals surface area contributed by atoms with Gasteiger partial charge in [0.2, 0.25) is 0 Å². The summed E-state index contributed by atoms with van der Waals surface area (Å²) in [4.78, 5) is 8.62. The monoisotopic (exact) mass is 547 g/mol. The lowest BCUT2D eigenvalue weighted by Gasteiger charge is -2.41. The standard InChI is InChI=1S/C30H37F4N3O2/c1-36(2)27-18-35-26-7-6-21(39-3)17-22(26)28(27)23(31)8-9-30(19-38)10-13-37(14-11-30)12-4-5-20-15-24(32)29(34)25(33)16-20/h6-7,15-18,23,38H,4-5,8-14,19H2,1-3H3/t23-/m0/s1. The number of halogens is 4. The lowest BCUT2D eigenvalue weighted by molar-refractivity contribution is 0.0300. The fraction of sp³-hybridized carbons (Fsp3) is 0.500. The van der Waals surface area contributed by atoms with E-state index in [1.165, 1.54) is 0 Å². The summed E-state index contributed by atoms with van der Waals surface area (Å²) in [5, 5.41) is 11.0. The molecule has 39 heavy (non-hydrogen) atoms. The van der Waals surface area contributed by atoms with Crippen molar-refractivity contribution < 1.29 is 27.4 Å². The molecule has 0 unspecified atom stereocenters. The minimum Gasteiger partial charge on any atom is -0.497 e. The summed E-state index contributed by atoms with van der Waals surface area (Å²) in [6.07, 6.45) is 3.88. The molecule has 1 aliphatic heterocycles. The number of fused-ring (bicyclic) bond motifs is 1. The number of benzene rings is 2. The Morgan fingerprint density at radius 2 is 1.79 bits per heavy atom. The van der Waals surface area contributed by atoms with Crippen molar-refractivity contribution >= 4 is 16.6 Å². The van der Waals surface area contributed by atoms with Gasteiger partial charge in [-0.2, -0.15) is 0 Å². The number of aliphatic hydroxyl groups excluding tert-OH is 1. The van der Waals surface area contributed by atoms with Crippen molar-refractivity contribution in [3.8, 4) is 5.75 Å². The third-order valence-corrected chi connectivity index (χ3v) is 8.05. The normalized spacial score (nSPS) is 16.4. The molecule has 9 heteroatoms. The number of rotatable bonds is 11. The number of ether oxygens (including phenoxy) is 1. The van der Waals surface area contributed by atoms with Gasteiger partial charge >= 0.3 is 0 Å². The molecule has 1 N–H and O–H groups in total. The molecule has 0 spiro atoms. The molecule has 4 rings (SSSR count). The summed E-state index contributed by atoms with van der Waals surface area (Å²) in [6.45, 7) is 2.22. The van der Waals surface area contributed by atoms with Crippen LogP contribution >= 0.6 is 0 Å². The number of anilines is 1. The van der Waals surface area contributed by atoms with Crippen LogP contribution in [0.25, 0.3) is 10.9 Å². The number of nitrogens with zero attached hydrogens (tertiary/aromatic N) is 3. The zero-order valence-corrected chi connectivity index (χ0v) is 22.8. The Labute approximate surface area is 227 Å². The number of piperidine rings is 1. The molecular formula is C30H37F4N3O2. The van der Waals surface area contributed by atoms with Crippen molar-refractivity contribution in [1.82, 2.24) is 9.88 Å². The van der Waals surface area contributed by atoms with E-state index >= 15 is 4.39 Å². The molecule has 1 fully saturated rings. The van der Waals surface area contributed by atoms with Gasteiger partial charge in [0.15, 0.2) is 17.5 Å². The van der Waals surface area contributed by atoms with Crippen LogP contribution in [0.4, 0.5) is 23.2 Å². The highest BCUT2D eigenvalue weighted by Crippen LogP contribution is 2.42. The molecule has 0 amide bonds. The van der Waals surface area contributed by atoms with Gasteiger partial charge in [-0.15, -0.1) is 0 Å². The number of aliphatic hydroxyl groups is 1. The second-order valence-electron chi connectivity index (χ2n) is 10.8. The lowest BCUT2D eigenvalue weighted by atomic mass is 9.74. The van der Waals surface area contributed by atoms with Gasteiger partial charge in [-0.3, -0.25) is 4.98 Å². The zero-order chi connectivity index (χ0) is 28.2. The quantitative estimate of drug-likeness (QED) is 0.228. The molecule has 2 heterocycles. The molecule has 1 saturated heterocycles. The summed E-state index contributed by atoms with van der Waals surface area (Å²) < 4.78 is 61.5. The van der Waals surface area contributed by atoms with Gasteiger partial charge in [0.25, 0.3) is 0 Å². The molecule has 1 atom stereocenters. The van der Waals surface area contributed by atoms with Crippen LogP contribution in [-0.4, -0.2) is 62.4 Å². The van der Waals surface area contributed by atoms with E-state index in [0.29, 0.717) is 41.7 Å². The molecule has 1 aromatic heterocycles. The number of pyridine rings is 1. The van der Waals surface area contributed by atoms with E-state index in [4.69, 9.17) is 4.74 Å². The maximum atomic E-state index is 16.0. The molecule has 212 valence electrons. The molecule has 1 aliphatic rings. The van der Waals surface area contributed by atoms with Gasteiger partial charge in [-0.1, -0.05) is 0 Å². The first-order valence-corrected chi connectivity index (χ1v) is 13.4. The van der Waals surface area contributed by atoms with Crippen LogP contribution in [0.15, 0.2) is 36.5 Å². The molecule has 2 aromatic carbocycles. The van der Waals surface area contributed by atoms with Crippen LogP contribution in [0.1, 0.15) is 49.4 Å². The first-order valence-electron chi connectivity index (χ1n) is 13.4. The van der Waals surface area contributed by atoms with Gasteiger partial charge in [0.05, 0.1) is 24.5 Å². The predicted molar refractivity (Wildman–Crippen MR) is 146 cm³/mol. The highest BCUT2D eigenvalue weighted by Gasteiger charge is 2.35. The first kappa shape index (κ1) is 29.1.